The molecule has 7 nitrogen and oxygen atoms in total. The smallest absolute Gasteiger partial charge is 0.303 e. The molecule has 2 atom stereocenters. The fraction of sp³-hybridized carbons (Fsp3) is 0.444. The van der Waals surface area contributed by atoms with Gasteiger partial charge in [0.15, 0.2) is 0 Å². The molecule has 2 heterocycles. The van der Waals surface area contributed by atoms with Gasteiger partial charge in [-0.25, -0.2) is 0 Å². The van der Waals surface area contributed by atoms with Crippen molar-refractivity contribution in [1.82, 2.24) is 19.9 Å². The van der Waals surface area contributed by atoms with Gasteiger partial charge in [-0.05, 0) is 44.7 Å². The lowest BCUT2D eigenvalue weighted by atomic mass is 9.90. The molecule has 0 saturated carbocycles. The van der Waals surface area contributed by atoms with Gasteiger partial charge in [-0.2, -0.15) is 15.0 Å². The predicted molar refractivity (Wildman–Crippen MR) is 91.6 cm³/mol. The summed E-state index contributed by atoms with van der Waals surface area (Å²) in [7, 11) is 0. The average Bonchev–Trinajstić information content (AvgIpc) is 3.10. The number of carboxylic acids is 1. The SMILES string of the molecule is Cc1ccc(-n2nccn2)c(C(=O)N2C[C@H](CC(=O)O)CC[C@H]2C)c1. The van der Waals surface area contributed by atoms with Crippen molar-refractivity contribution in [3.05, 3.63) is 41.7 Å². The zero-order valence-electron chi connectivity index (χ0n) is 14.4. The minimum atomic E-state index is -0.816. The van der Waals surface area contributed by atoms with E-state index < -0.39 is 5.97 Å². The molecule has 1 N–H and O–H groups in total. The highest BCUT2D eigenvalue weighted by Crippen LogP contribution is 2.27. The van der Waals surface area contributed by atoms with E-state index in [0.29, 0.717) is 17.8 Å². The van der Waals surface area contributed by atoms with Crippen molar-refractivity contribution in [3.8, 4) is 5.69 Å². The van der Waals surface area contributed by atoms with E-state index in [-0.39, 0.29) is 24.3 Å². The molecule has 132 valence electrons. The fourth-order valence-corrected chi connectivity index (χ4v) is 3.37. The summed E-state index contributed by atoms with van der Waals surface area (Å²) in [6.45, 7) is 4.41. The van der Waals surface area contributed by atoms with Crippen molar-refractivity contribution >= 4 is 11.9 Å². The van der Waals surface area contributed by atoms with Gasteiger partial charge in [0, 0.05) is 19.0 Å². The quantitative estimate of drug-likeness (QED) is 0.921. The Morgan fingerprint density at radius 1 is 1.24 bits per heavy atom. The molecule has 0 bridgehead atoms. The molecular formula is C18H22N4O3. The second-order valence-electron chi connectivity index (χ2n) is 6.69. The van der Waals surface area contributed by atoms with E-state index in [9.17, 15) is 9.59 Å². The van der Waals surface area contributed by atoms with Crippen LogP contribution in [-0.2, 0) is 4.79 Å². The van der Waals surface area contributed by atoms with Crippen molar-refractivity contribution < 1.29 is 14.7 Å². The molecule has 1 aliphatic rings. The number of rotatable bonds is 4. The van der Waals surface area contributed by atoms with Crippen molar-refractivity contribution in [2.24, 2.45) is 5.92 Å². The number of amides is 1. The molecule has 1 aromatic carbocycles. The zero-order chi connectivity index (χ0) is 18.0. The maximum Gasteiger partial charge on any atom is 0.303 e. The molecule has 7 heteroatoms. The Balaban J connectivity index is 1.91. The lowest BCUT2D eigenvalue weighted by Gasteiger charge is -2.38. The summed E-state index contributed by atoms with van der Waals surface area (Å²) in [5.41, 5.74) is 2.15. The lowest BCUT2D eigenvalue weighted by molar-refractivity contribution is -0.138. The van der Waals surface area contributed by atoms with E-state index in [2.05, 4.69) is 10.2 Å². The Morgan fingerprint density at radius 2 is 1.96 bits per heavy atom. The van der Waals surface area contributed by atoms with Crippen LogP contribution in [0.25, 0.3) is 5.69 Å². The van der Waals surface area contributed by atoms with Crippen LogP contribution in [0.5, 0.6) is 0 Å². The van der Waals surface area contributed by atoms with Crippen LogP contribution in [0.3, 0.4) is 0 Å². The molecule has 1 fully saturated rings. The Labute approximate surface area is 146 Å². The van der Waals surface area contributed by atoms with Gasteiger partial charge < -0.3 is 10.0 Å². The van der Waals surface area contributed by atoms with Gasteiger partial charge in [-0.1, -0.05) is 11.6 Å². The molecule has 0 radical (unpaired) electrons. The molecule has 1 saturated heterocycles. The summed E-state index contributed by atoms with van der Waals surface area (Å²) >= 11 is 0. The van der Waals surface area contributed by atoms with Gasteiger partial charge in [0.2, 0.25) is 0 Å². The number of aliphatic carboxylic acids is 1. The highest BCUT2D eigenvalue weighted by atomic mass is 16.4. The zero-order valence-corrected chi connectivity index (χ0v) is 14.4. The van der Waals surface area contributed by atoms with Gasteiger partial charge in [0.25, 0.3) is 5.91 Å². The number of benzene rings is 1. The first-order valence-corrected chi connectivity index (χ1v) is 8.46. The molecule has 2 aromatic rings. The highest BCUT2D eigenvalue weighted by molar-refractivity contribution is 5.98. The molecule has 1 aromatic heterocycles. The number of carbonyl (C=O) groups excluding carboxylic acids is 1. The largest absolute Gasteiger partial charge is 0.481 e. The number of nitrogens with zero attached hydrogens (tertiary/aromatic N) is 4. The Kier molecular flexibility index (Phi) is 4.83. The number of hydrogen-bond donors (Lipinski definition) is 1. The second-order valence-corrected chi connectivity index (χ2v) is 6.69. The molecule has 0 aliphatic carbocycles. The maximum atomic E-state index is 13.2. The Bertz CT molecular complexity index is 773. The summed E-state index contributed by atoms with van der Waals surface area (Å²) < 4.78 is 0. The van der Waals surface area contributed by atoms with E-state index in [1.165, 1.54) is 4.80 Å². The van der Waals surface area contributed by atoms with Gasteiger partial charge >= 0.3 is 5.97 Å². The number of piperidine rings is 1. The number of hydrogen-bond acceptors (Lipinski definition) is 4. The van der Waals surface area contributed by atoms with Gasteiger partial charge in [-0.3, -0.25) is 9.59 Å². The second kappa shape index (κ2) is 7.04. The molecule has 0 unspecified atom stereocenters. The van der Waals surface area contributed by atoms with Crippen LogP contribution in [0.2, 0.25) is 0 Å². The van der Waals surface area contributed by atoms with Crippen molar-refractivity contribution in [1.29, 1.82) is 0 Å². The van der Waals surface area contributed by atoms with Crippen LogP contribution in [0.1, 0.15) is 42.1 Å². The molecule has 1 amide bonds. The summed E-state index contributed by atoms with van der Waals surface area (Å²) in [5.74, 6) is -0.920. The monoisotopic (exact) mass is 342 g/mol. The van der Waals surface area contributed by atoms with Crippen LogP contribution < -0.4 is 0 Å². The van der Waals surface area contributed by atoms with E-state index in [1.54, 1.807) is 17.3 Å². The minimum Gasteiger partial charge on any atom is -0.481 e. The molecule has 3 rings (SSSR count). The summed E-state index contributed by atoms with van der Waals surface area (Å²) in [6.07, 6.45) is 4.88. The van der Waals surface area contributed by atoms with Crippen LogP contribution in [0.15, 0.2) is 30.6 Å². The van der Waals surface area contributed by atoms with Crippen molar-refractivity contribution in [2.75, 3.05) is 6.54 Å². The molecule has 0 spiro atoms. The third kappa shape index (κ3) is 3.70. The highest BCUT2D eigenvalue weighted by Gasteiger charge is 2.32. The van der Waals surface area contributed by atoms with Crippen molar-refractivity contribution in [2.45, 2.75) is 39.2 Å². The van der Waals surface area contributed by atoms with Crippen LogP contribution in [-0.4, -0.2) is 49.5 Å². The third-order valence-electron chi connectivity index (χ3n) is 4.72. The van der Waals surface area contributed by atoms with E-state index >= 15 is 0 Å². The first-order chi connectivity index (χ1) is 12.0. The third-order valence-corrected chi connectivity index (χ3v) is 4.72. The minimum absolute atomic E-state index is 0.00580. The lowest BCUT2D eigenvalue weighted by Crippen LogP contribution is -2.46. The standard InChI is InChI=1S/C18H22N4O3/c1-12-3-6-16(22-19-7-8-20-22)15(9-12)18(25)21-11-14(10-17(23)24)5-4-13(21)2/h3,6-9,13-14H,4-5,10-11H2,1-2H3,(H,23,24)/t13-,14+/m1/s1. The number of likely N-dealkylation sites (tertiary alicyclic amines) is 1. The summed E-state index contributed by atoms with van der Waals surface area (Å²) in [5, 5.41) is 17.3. The fourth-order valence-electron chi connectivity index (χ4n) is 3.37. The maximum absolute atomic E-state index is 13.2. The van der Waals surface area contributed by atoms with Gasteiger partial charge in [-0.15, -0.1) is 0 Å². The number of aryl methyl sites for hydroxylation is 1. The summed E-state index contributed by atoms with van der Waals surface area (Å²) in [4.78, 5) is 27.5. The van der Waals surface area contributed by atoms with E-state index in [1.807, 2.05) is 32.0 Å². The normalized spacial score (nSPS) is 20.5. The molecular weight excluding hydrogens is 320 g/mol. The Hall–Kier alpha value is -2.70. The first-order valence-electron chi connectivity index (χ1n) is 8.46. The predicted octanol–water partition coefficient (Wildman–Crippen LogP) is 2.29. The van der Waals surface area contributed by atoms with Crippen LogP contribution in [0.4, 0.5) is 0 Å². The molecule has 25 heavy (non-hydrogen) atoms. The number of aromatic nitrogens is 3. The molecule has 1 aliphatic heterocycles. The van der Waals surface area contributed by atoms with E-state index in [4.69, 9.17) is 5.11 Å². The van der Waals surface area contributed by atoms with Gasteiger partial charge in [0.1, 0.15) is 0 Å². The van der Waals surface area contributed by atoms with Crippen LogP contribution in [0, 0.1) is 12.8 Å². The van der Waals surface area contributed by atoms with Gasteiger partial charge in [0.05, 0.1) is 23.6 Å². The topological polar surface area (TPSA) is 88.3 Å². The first kappa shape index (κ1) is 17.1. The van der Waals surface area contributed by atoms with E-state index in [0.717, 1.165) is 18.4 Å². The number of carbonyl (C=O) groups is 2. The Morgan fingerprint density at radius 3 is 2.64 bits per heavy atom. The number of carboxylic acid groups (broad SMARTS) is 1. The summed E-state index contributed by atoms with van der Waals surface area (Å²) in [6, 6.07) is 5.68. The van der Waals surface area contributed by atoms with Crippen molar-refractivity contribution in [3.63, 3.8) is 0 Å². The van der Waals surface area contributed by atoms with Crippen LogP contribution >= 0.6 is 0 Å². The average molecular weight is 342 g/mol.